The molecule has 0 atom stereocenters. The Hall–Kier alpha value is -3.29. The zero-order chi connectivity index (χ0) is 22.7. The van der Waals surface area contributed by atoms with Crippen molar-refractivity contribution in [1.29, 1.82) is 0 Å². The van der Waals surface area contributed by atoms with Crippen molar-refractivity contribution in [3.8, 4) is 17.2 Å². The summed E-state index contributed by atoms with van der Waals surface area (Å²) >= 11 is 5.93. The number of methoxy groups -OCH3 is 1. The summed E-state index contributed by atoms with van der Waals surface area (Å²) in [4.78, 5) is 4.46. The second-order valence-electron chi connectivity index (χ2n) is 7.13. The molecular formula is C24H21ClN2O4S. The van der Waals surface area contributed by atoms with Crippen molar-refractivity contribution in [3.05, 3.63) is 88.9 Å². The maximum atomic E-state index is 13.4. The zero-order valence-electron chi connectivity index (χ0n) is 17.5. The Morgan fingerprint density at radius 1 is 1.00 bits per heavy atom. The van der Waals surface area contributed by atoms with Gasteiger partial charge in [0.25, 0.3) is 0 Å². The van der Waals surface area contributed by atoms with Crippen LogP contribution in [0, 0.1) is 6.92 Å². The first-order valence-electron chi connectivity index (χ1n) is 9.83. The Kier molecular flexibility index (Phi) is 6.21. The van der Waals surface area contributed by atoms with Crippen molar-refractivity contribution >= 4 is 27.3 Å². The number of anilines is 1. The molecule has 3 aromatic carbocycles. The topological polar surface area (TPSA) is 81.4 Å². The smallest absolute Gasteiger partial charge is 0.234 e. The van der Waals surface area contributed by atoms with Crippen LogP contribution >= 0.6 is 11.6 Å². The number of oxazole rings is 1. The summed E-state index contributed by atoms with van der Waals surface area (Å²) in [5, 5.41) is 3.36. The van der Waals surface area contributed by atoms with Gasteiger partial charge in [-0.3, -0.25) is 0 Å². The molecule has 0 aliphatic rings. The van der Waals surface area contributed by atoms with Gasteiger partial charge in [-0.25, -0.2) is 8.42 Å². The molecule has 0 saturated heterocycles. The Morgan fingerprint density at radius 3 is 2.34 bits per heavy atom. The fourth-order valence-corrected chi connectivity index (χ4v) is 4.58. The van der Waals surface area contributed by atoms with E-state index < -0.39 is 9.84 Å². The van der Waals surface area contributed by atoms with Gasteiger partial charge in [0.15, 0.2) is 0 Å². The minimum atomic E-state index is -3.95. The van der Waals surface area contributed by atoms with Crippen molar-refractivity contribution in [1.82, 2.24) is 4.98 Å². The first kappa shape index (κ1) is 21.9. The Bertz CT molecular complexity index is 1330. The molecule has 0 spiro atoms. The standard InChI is InChI=1S/C24H21ClN2O4S/c1-16-5-3-4-6-21(16)22-27-24(32(28,29)20-13-9-18(25)10-14-20)23(31-22)26-15-17-7-11-19(30-2)12-8-17/h3-14,26H,15H2,1-2H3. The van der Waals surface area contributed by atoms with Crippen LogP contribution in [0.2, 0.25) is 5.02 Å². The third kappa shape index (κ3) is 4.49. The number of halogens is 1. The highest BCUT2D eigenvalue weighted by Gasteiger charge is 2.29. The number of hydrogen-bond donors (Lipinski definition) is 1. The molecule has 0 bridgehead atoms. The summed E-state index contributed by atoms with van der Waals surface area (Å²) in [7, 11) is -2.35. The molecule has 0 aliphatic carbocycles. The molecule has 1 aromatic heterocycles. The van der Waals surface area contributed by atoms with E-state index in [0.717, 1.165) is 22.4 Å². The number of nitrogens with zero attached hydrogens (tertiary/aromatic N) is 1. The lowest BCUT2D eigenvalue weighted by molar-refractivity contribution is 0.414. The van der Waals surface area contributed by atoms with Crippen molar-refractivity contribution in [3.63, 3.8) is 0 Å². The molecule has 0 aliphatic heterocycles. The van der Waals surface area contributed by atoms with E-state index in [9.17, 15) is 8.42 Å². The SMILES string of the molecule is COc1ccc(CNc2oc(-c3ccccc3C)nc2S(=O)(=O)c2ccc(Cl)cc2)cc1. The Labute approximate surface area is 191 Å². The molecule has 164 valence electrons. The van der Waals surface area contributed by atoms with Crippen LogP contribution in [0.4, 0.5) is 5.88 Å². The molecule has 0 fully saturated rings. The molecule has 0 saturated carbocycles. The minimum absolute atomic E-state index is 0.0778. The maximum absolute atomic E-state index is 13.4. The van der Waals surface area contributed by atoms with Crippen LogP contribution in [0.15, 0.2) is 87.1 Å². The van der Waals surface area contributed by atoms with Crippen LogP contribution in [-0.2, 0) is 16.4 Å². The van der Waals surface area contributed by atoms with Gasteiger partial charge in [-0.05, 0) is 60.5 Å². The highest BCUT2D eigenvalue weighted by Crippen LogP contribution is 2.34. The van der Waals surface area contributed by atoms with Gasteiger partial charge in [-0.1, -0.05) is 41.9 Å². The monoisotopic (exact) mass is 468 g/mol. The number of nitrogens with one attached hydrogen (secondary N) is 1. The summed E-state index contributed by atoms with van der Waals surface area (Å²) in [6, 6.07) is 20.9. The van der Waals surface area contributed by atoms with Crippen LogP contribution in [0.3, 0.4) is 0 Å². The van der Waals surface area contributed by atoms with E-state index in [0.29, 0.717) is 11.6 Å². The third-order valence-electron chi connectivity index (χ3n) is 4.96. The van der Waals surface area contributed by atoms with Gasteiger partial charge in [0.2, 0.25) is 26.6 Å². The van der Waals surface area contributed by atoms with Crippen LogP contribution < -0.4 is 10.1 Å². The van der Waals surface area contributed by atoms with Crippen molar-refractivity contribution in [2.75, 3.05) is 12.4 Å². The second kappa shape index (κ2) is 9.06. The van der Waals surface area contributed by atoms with E-state index in [1.165, 1.54) is 24.3 Å². The van der Waals surface area contributed by atoms with E-state index in [2.05, 4.69) is 10.3 Å². The van der Waals surface area contributed by atoms with E-state index in [1.54, 1.807) is 7.11 Å². The van der Waals surface area contributed by atoms with Crippen LogP contribution in [-0.4, -0.2) is 20.5 Å². The average Bonchev–Trinajstić information content (AvgIpc) is 3.23. The number of rotatable bonds is 7. The van der Waals surface area contributed by atoms with E-state index in [-0.39, 0.29) is 21.7 Å². The number of benzene rings is 3. The van der Waals surface area contributed by atoms with E-state index in [4.69, 9.17) is 20.8 Å². The summed E-state index contributed by atoms with van der Waals surface area (Å²) in [5.74, 6) is 1.04. The molecular weight excluding hydrogens is 448 g/mol. The number of sulfone groups is 1. The largest absolute Gasteiger partial charge is 0.497 e. The Balaban J connectivity index is 1.74. The molecule has 0 amide bonds. The summed E-state index contributed by atoms with van der Waals surface area (Å²) in [6.07, 6.45) is 0. The number of aryl methyl sites for hydroxylation is 1. The molecule has 32 heavy (non-hydrogen) atoms. The van der Waals surface area contributed by atoms with Gasteiger partial charge >= 0.3 is 0 Å². The van der Waals surface area contributed by atoms with Crippen molar-refractivity contribution in [2.45, 2.75) is 23.4 Å². The highest BCUT2D eigenvalue weighted by atomic mass is 35.5. The number of ether oxygens (including phenoxy) is 1. The molecule has 1 N–H and O–H groups in total. The van der Waals surface area contributed by atoms with Crippen molar-refractivity contribution in [2.24, 2.45) is 0 Å². The molecule has 4 rings (SSSR count). The molecule has 0 radical (unpaired) electrons. The van der Waals surface area contributed by atoms with Crippen LogP contribution in [0.1, 0.15) is 11.1 Å². The van der Waals surface area contributed by atoms with Gasteiger partial charge in [0, 0.05) is 17.1 Å². The first-order chi connectivity index (χ1) is 15.4. The normalized spacial score (nSPS) is 11.3. The summed E-state index contributed by atoms with van der Waals surface area (Å²) in [5.41, 5.74) is 2.57. The first-order valence-corrected chi connectivity index (χ1v) is 11.7. The summed E-state index contributed by atoms with van der Waals surface area (Å²) < 4.78 is 37.8. The fourth-order valence-electron chi connectivity index (χ4n) is 3.18. The molecule has 4 aromatic rings. The minimum Gasteiger partial charge on any atom is -0.497 e. The lowest BCUT2D eigenvalue weighted by atomic mass is 10.1. The van der Waals surface area contributed by atoms with Gasteiger partial charge < -0.3 is 14.5 Å². The maximum Gasteiger partial charge on any atom is 0.234 e. The number of aromatic nitrogens is 1. The zero-order valence-corrected chi connectivity index (χ0v) is 19.1. The second-order valence-corrected chi connectivity index (χ2v) is 9.43. The highest BCUT2D eigenvalue weighted by molar-refractivity contribution is 7.91. The van der Waals surface area contributed by atoms with E-state index in [1.807, 2.05) is 55.5 Å². The van der Waals surface area contributed by atoms with Gasteiger partial charge in [0.1, 0.15) is 5.75 Å². The lowest BCUT2D eigenvalue weighted by Crippen LogP contribution is -2.07. The predicted octanol–water partition coefficient (Wildman–Crippen LogP) is 5.76. The molecule has 8 heteroatoms. The van der Waals surface area contributed by atoms with Gasteiger partial charge in [-0.2, -0.15) is 4.98 Å². The quantitative estimate of drug-likeness (QED) is 0.371. The van der Waals surface area contributed by atoms with E-state index >= 15 is 0 Å². The predicted molar refractivity (Wildman–Crippen MR) is 124 cm³/mol. The average molecular weight is 469 g/mol. The van der Waals surface area contributed by atoms with Crippen molar-refractivity contribution < 1.29 is 17.6 Å². The van der Waals surface area contributed by atoms with Crippen LogP contribution in [0.5, 0.6) is 5.75 Å². The summed E-state index contributed by atoms with van der Waals surface area (Å²) in [6.45, 7) is 2.26. The Morgan fingerprint density at radius 2 is 1.69 bits per heavy atom. The lowest BCUT2D eigenvalue weighted by Gasteiger charge is -2.07. The van der Waals surface area contributed by atoms with Gasteiger partial charge in [-0.15, -0.1) is 0 Å². The molecule has 0 unspecified atom stereocenters. The molecule has 6 nitrogen and oxygen atoms in total. The van der Waals surface area contributed by atoms with Crippen LogP contribution in [0.25, 0.3) is 11.5 Å². The fraction of sp³-hybridized carbons (Fsp3) is 0.125. The third-order valence-corrected chi connectivity index (χ3v) is 6.89. The van der Waals surface area contributed by atoms with Gasteiger partial charge in [0.05, 0.1) is 12.0 Å². The molecule has 1 heterocycles. The number of hydrogen-bond acceptors (Lipinski definition) is 6.